The Balaban J connectivity index is 4.06. The molecule has 0 heterocycles. The maximum Gasteiger partial charge on any atom is 0.329 e. The van der Waals surface area contributed by atoms with Crippen molar-refractivity contribution in [3.05, 3.63) is 0 Å². The topological polar surface area (TPSA) is 55.4 Å². The highest BCUT2D eigenvalue weighted by Crippen LogP contribution is 1.99. The molecule has 1 unspecified atom stereocenters. The molecule has 0 fully saturated rings. The fraction of sp³-hybridized carbons (Fsp3) is 0.750. The molecular formula is C8H15NO3S. The van der Waals surface area contributed by atoms with Crippen molar-refractivity contribution in [2.75, 3.05) is 18.6 Å². The molecule has 0 aliphatic rings. The molecular weight excluding hydrogens is 190 g/mol. The van der Waals surface area contributed by atoms with Gasteiger partial charge in [-0.05, 0) is 13.2 Å². The minimum atomic E-state index is -0.521. The van der Waals surface area contributed by atoms with Crippen molar-refractivity contribution in [2.45, 2.75) is 19.9 Å². The summed E-state index contributed by atoms with van der Waals surface area (Å²) >= 11 is 1.49. The molecule has 0 spiro atoms. The lowest BCUT2D eigenvalue weighted by Crippen LogP contribution is -2.42. The van der Waals surface area contributed by atoms with Crippen molar-refractivity contribution >= 4 is 23.6 Å². The first kappa shape index (κ1) is 12.3. The van der Waals surface area contributed by atoms with Gasteiger partial charge >= 0.3 is 5.97 Å². The number of carbonyl (C=O) groups excluding carboxylic acids is 2. The first-order valence-electron chi connectivity index (χ1n) is 4.04. The van der Waals surface area contributed by atoms with Crippen molar-refractivity contribution in [1.82, 2.24) is 5.32 Å². The SMILES string of the molecule is CCOC(=O)C(CSC)NC(C)=O. The zero-order valence-electron chi connectivity index (χ0n) is 8.12. The number of carbonyl (C=O) groups is 2. The second kappa shape index (κ2) is 6.77. The molecule has 0 saturated carbocycles. The summed E-state index contributed by atoms with van der Waals surface area (Å²) in [6.07, 6.45) is 1.87. The van der Waals surface area contributed by atoms with Gasteiger partial charge < -0.3 is 10.1 Å². The Morgan fingerprint density at radius 3 is 2.54 bits per heavy atom. The van der Waals surface area contributed by atoms with Gasteiger partial charge in [-0.3, -0.25) is 4.79 Å². The smallest absolute Gasteiger partial charge is 0.329 e. The zero-order valence-corrected chi connectivity index (χ0v) is 8.94. The van der Waals surface area contributed by atoms with E-state index >= 15 is 0 Å². The van der Waals surface area contributed by atoms with Gasteiger partial charge in [0.25, 0.3) is 0 Å². The molecule has 0 bridgehead atoms. The van der Waals surface area contributed by atoms with Crippen LogP contribution in [0.25, 0.3) is 0 Å². The summed E-state index contributed by atoms with van der Waals surface area (Å²) in [6, 6.07) is -0.521. The van der Waals surface area contributed by atoms with Crippen molar-refractivity contribution in [2.24, 2.45) is 0 Å². The molecule has 0 aliphatic heterocycles. The van der Waals surface area contributed by atoms with E-state index < -0.39 is 6.04 Å². The predicted molar refractivity (Wildman–Crippen MR) is 52.6 cm³/mol. The Kier molecular flexibility index (Phi) is 6.40. The molecule has 13 heavy (non-hydrogen) atoms. The van der Waals surface area contributed by atoms with Gasteiger partial charge in [0, 0.05) is 12.7 Å². The average Bonchev–Trinajstić information content (AvgIpc) is 2.03. The van der Waals surface area contributed by atoms with E-state index in [9.17, 15) is 9.59 Å². The van der Waals surface area contributed by atoms with Gasteiger partial charge in [0.1, 0.15) is 6.04 Å². The maximum absolute atomic E-state index is 11.2. The van der Waals surface area contributed by atoms with E-state index in [4.69, 9.17) is 4.74 Å². The summed E-state index contributed by atoms with van der Waals surface area (Å²) in [5.74, 6) is -0.0440. The molecule has 0 aromatic heterocycles. The number of nitrogens with one attached hydrogen (secondary N) is 1. The van der Waals surface area contributed by atoms with Gasteiger partial charge in [-0.2, -0.15) is 11.8 Å². The highest BCUT2D eigenvalue weighted by Gasteiger charge is 2.19. The van der Waals surface area contributed by atoms with Gasteiger partial charge in [0.15, 0.2) is 0 Å². The molecule has 5 heteroatoms. The van der Waals surface area contributed by atoms with Gasteiger partial charge in [-0.1, -0.05) is 0 Å². The van der Waals surface area contributed by atoms with E-state index in [1.807, 2.05) is 6.26 Å². The Labute approximate surface area is 82.4 Å². The first-order valence-corrected chi connectivity index (χ1v) is 5.43. The molecule has 1 N–H and O–H groups in total. The standard InChI is InChI=1S/C8H15NO3S/c1-4-12-8(11)7(5-13-3)9-6(2)10/h7H,4-5H2,1-3H3,(H,9,10). The van der Waals surface area contributed by atoms with Crippen LogP contribution in [0.2, 0.25) is 0 Å². The van der Waals surface area contributed by atoms with E-state index in [0.29, 0.717) is 12.4 Å². The third-order valence-corrected chi connectivity index (χ3v) is 1.95. The van der Waals surface area contributed by atoms with Crippen LogP contribution in [-0.2, 0) is 14.3 Å². The van der Waals surface area contributed by atoms with Gasteiger partial charge in [0.2, 0.25) is 5.91 Å². The van der Waals surface area contributed by atoms with Crippen LogP contribution in [0.3, 0.4) is 0 Å². The third kappa shape index (κ3) is 5.52. The molecule has 0 aromatic rings. The summed E-state index contributed by atoms with van der Waals surface area (Å²) in [5, 5.41) is 2.53. The summed E-state index contributed by atoms with van der Waals surface area (Å²) in [4.78, 5) is 21.9. The van der Waals surface area contributed by atoms with Crippen molar-refractivity contribution in [1.29, 1.82) is 0 Å². The van der Waals surface area contributed by atoms with Crippen LogP contribution < -0.4 is 5.32 Å². The summed E-state index contributed by atoms with van der Waals surface area (Å²) in [6.45, 7) is 3.46. The lowest BCUT2D eigenvalue weighted by Gasteiger charge is -2.14. The van der Waals surface area contributed by atoms with E-state index in [2.05, 4.69) is 5.32 Å². The number of thioether (sulfide) groups is 1. The molecule has 0 aromatic carbocycles. The lowest BCUT2D eigenvalue weighted by molar-refractivity contribution is -0.146. The molecule has 4 nitrogen and oxygen atoms in total. The number of rotatable bonds is 5. The van der Waals surface area contributed by atoms with Crippen LogP contribution >= 0.6 is 11.8 Å². The molecule has 1 amide bonds. The van der Waals surface area contributed by atoms with Crippen LogP contribution in [0.15, 0.2) is 0 Å². The maximum atomic E-state index is 11.2. The third-order valence-electron chi connectivity index (χ3n) is 1.28. The van der Waals surface area contributed by atoms with Gasteiger partial charge in [-0.25, -0.2) is 4.79 Å². The number of amides is 1. The minimum Gasteiger partial charge on any atom is -0.464 e. The summed E-state index contributed by atoms with van der Waals surface area (Å²) in [7, 11) is 0. The van der Waals surface area contributed by atoms with Crippen LogP contribution in [0.5, 0.6) is 0 Å². The van der Waals surface area contributed by atoms with Crippen LogP contribution in [0, 0.1) is 0 Å². The summed E-state index contributed by atoms with van der Waals surface area (Å²) in [5.41, 5.74) is 0. The van der Waals surface area contributed by atoms with Crippen LogP contribution in [0.4, 0.5) is 0 Å². The van der Waals surface area contributed by atoms with Gasteiger partial charge in [-0.15, -0.1) is 0 Å². The van der Waals surface area contributed by atoms with Crippen molar-refractivity contribution < 1.29 is 14.3 Å². The number of esters is 1. The van der Waals surface area contributed by atoms with Crippen molar-refractivity contribution in [3.63, 3.8) is 0 Å². The van der Waals surface area contributed by atoms with Gasteiger partial charge in [0.05, 0.1) is 6.61 Å². The monoisotopic (exact) mass is 205 g/mol. The first-order chi connectivity index (χ1) is 6.11. The highest BCUT2D eigenvalue weighted by molar-refractivity contribution is 7.98. The normalized spacial score (nSPS) is 11.9. The Bertz CT molecular complexity index is 184. The Morgan fingerprint density at radius 2 is 2.15 bits per heavy atom. The quantitative estimate of drug-likeness (QED) is 0.661. The fourth-order valence-electron chi connectivity index (χ4n) is 0.824. The Morgan fingerprint density at radius 1 is 1.54 bits per heavy atom. The second-order valence-electron chi connectivity index (χ2n) is 2.46. The predicted octanol–water partition coefficient (Wildman–Crippen LogP) is 0.417. The highest BCUT2D eigenvalue weighted by atomic mass is 32.2. The van der Waals surface area contributed by atoms with E-state index in [1.54, 1.807) is 6.92 Å². The van der Waals surface area contributed by atoms with E-state index in [0.717, 1.165) is 0 Å². The number of hydrogen-bond donors (Lipinski definition) is 1. The molecule has 0 aliphatic carbocycles. The van der Waals surface area contributed by atoms with E-state index in [-0.39, 0.29) is 11.9 Å². The van der Waals surface area contributed by atoms with Crippen LogP contribution in [-0.4, -0.2) is 36.5 Å². The van der Waals surface area contributed by atoms with Crippen molar-refractivity contribution in [3.8, 4) is 0 Å². The average molecular weight is 205 g/mol. The second-order valence-corrected chi connectivity index (χ2v) is 3.37. The van der Waals surface area contributed by atoms with E-state index in [1.165, 1.54) is 18.7 Å². The number of ether oxygens (including phenoxy) is 1. The van der Waals surface area contributed by atoms with Crippen LogP contribution in [0.1, 0.15) is 13.8 Å². The zero-order chi connectivity index (χ0) is 10.3. The fourth-order valence-corrected chi connectivity index (χ4v) is 1.38. The minimum absolute atomic E-state index is 0.216. The number of hydrogen-bond acceptors (Lipinski definition) is 4. The largest absolute Gasteiger partial charge is 0.464 e. The Hall–Kier alpha value is -0.710. The molecule has 0 saturated heterocycles. The molecule has 76 valence electrons. The molecule has 1 atom stereocenters. The molecule has 0 radical (unpaired) electrons. The molecule has 0 rings (SSSR count). The lowest BCUT2D eigenvalue weighted by atomic mass is 10.3. The summed E-state index contributed by atoms with van der Waals surface area (Å²) < 4.78 is 4.79.